The molecule has 0 aliphatic carbocycles. The summed E-state index contributed by atoms with van der Waals surface area (Å²) in [5.74, 6) is 0. The van der Waals surface area contributed by atoms with Gasteiger partial charge in [-0.1, -0.05) is 84.9 Å². The Morgan fingerprint density at radius 3 is 1.78 bits per heavy atom. The normalized spacial score (nSPS) is 11.7. The van der Waals surface area contributed by atoms with Crippen LogP contribution in [0, 0.1) is 0 Å². The third kappa shape index (κ3) is 2.88. The third-order valence-corrected chi connectivity index (χ3v) is 7.36. The molecular weight excluding hydrogens is 442 g/mol. The molecule has 7 aromatic rings. The van der Waals surface area contributed by atoms with Crippen molar-refractivity contribution in [2.75, 3.05) is 0 Å². The number of fused-ring (bicyclic) bond motifs is 4. The van der Waals surface area contributed by atoms with Gasteiger partial charge >= 0.3 is 5.69 Å². The highest BCUT2D eigenvalue weighted by atomic mass is 16.1. The topological polar surface area (TPSA) is 39.8 Å². The van der Waals surface area contributed by atoms with Gasteiger partial charge in [0.15, 0.2) is 5.65 Å². The molecule has 4 heteroatoms. The van der Waals surface area contributed by atoms with Gasteiger partial charge in [-0.15, -0.1) is 0 Å². The zero-order valence-electron chi connectivity index (χ0n) is 20.1. The first-order valence-corrected chi connectivity index (χ1v) is 12.1. The van der Waals surface area contributed by atoms with E-state index >= 15 is 0 Å². The van der Waals surface area contributed by atoms with Crippen LogP contribution < -0.4 is 5.69 Å². The molecule has 0 radical (unpaired) electrons. The van der Waals surface area contributed by atoms with E-state index in [0.29, 0.717) is 5.65 Å². The minimum absolute atomic E-state index is 0.0731. The molecule has 0 fully saturated rings. The van der Waals surface area contributed by atoms with Gasteiger partial charge in [0, 0.05) is 25.9 Å². The summed E-state index contributed by atoms with van der Waals surface area (Å²) in [6.45, 7) is 0. The maximum atomic E-state index is 12.5. The van der Waals surface area contributed by atoms with Crippen molar-refractivity contribution in [1.29, 1.82) is 0 Å². The molecule has 0 unspecified atom stereocenters. The molecule has 5 aromatic carbocycles. The lowest BCUT2D eigenvalue weighted by Gasteiger charge is -2.18. The fraction of sp³-hybridized carbons (Fsp3) is 0.0625. The second-order valence-corrected chi connectivity index (χ2v) is 9.37. The quantitative estimate of drug-likeness (QED) is 0.256. The summed E-state index contributed by atoms with van der Waals surface area (Å²) < 4.78 is 3.26. The number of aromatic nitrogens is 3. The van der Waals surface area contributed by atoms with E-state index in [4.69, 9.17) is 4.98 Å². The van der Waals surface area contributed by atoms with Crippen molar-refractivity contribution in [2.24, 2.45) is 14.1 Å². The molecule has 0 spiro atoms. The third-order valence-electron chi connectivity index (χ3n) is 7.36. The van der Waals surface area contributed by atoms with Crippen LogP contribution in [0.15, 0.2) is 108 Å². The minimum atomic E-state index is -0.0731. The van der Waals surface area contributed by atoms with E-state index in [0.717, 1.165) is 16.6 Å². The molecule has 4 nitrogen and oxygen atoms in total. The second-order valence-electron chi connectivity index (χ2n) is 9.37. The van der Waals surface area contributed by atoms with Gasteiger partial charge in [0.25, 0.3) is 0 Å². The Balaban J connectivity index is 1.61. The zero-order valence-corrected chi connectivity index (χ0v) is 20.1. The van der Waals surface area contributed by atoms with E-state index in [2.05, 4.69) is 97.1 Å². The molecule has 36 heavy (non-hydrogen) atoms. The number of hydrogen-bond donors (Lipinski definition) is 0. The molecule has 172 valence electrons. The monoisotopic (exact) mass is 465 g/mol. The van der Waals surface area contributed by atoms with Gasteiger partial charge in [-0.3, -0.25) is 9.13 Å². The van der Waals surface area contributed by atoms with Crippen LogP contribution in [0.4, 0.5) is 0 Å². The first-order chi connectivity index (χ1) is 17.6. The lowest BCUT2D eigenvalue weighted by atomic mass is 9.86. The summed E-state index contributed by atoms with van der Waals surface area (Å²) >= 11 is 0. The van der Waals surface area contributed by atoms with Crippen LogP contribution >= 0.6 is 0 Å². The molecule has 7 rings (SSSR count). The molecule has 0 N–H and O–H groups in total. The Kier molecular flexibility index (Phi) is 4.39. The Morgan fingerprint density at radius 1 is 0.583 bits per heavy atom. The van der Waals surface area contributed by atoms with Gasteiger partial charge in [-0.05, 0) is 61.1 Å². The number of hydrogen-bond acceptors (Lipinski definition) is 2. The van der Waals surface area contributed by atoms with Crippen molar-refractivity contribution in [3.8, 4) is 22.3 Å². The SMILES string of the molecule is Cn1c(=O)n(C)c2ncc(-c3c4ccccc4c(-c4ccc5ccccc5c4)c4ccccc34)cc21. The lowest BCUT2D eigenvalue weighted by molar-refractivity contribution is 0.791. The van der Waals surface area contributed by atoms with Crippen LogP contribution in [-0.4, -0.2) is 14.1 Å². The van der Waals surface area contributed by atoms with Crippen molar-refractivity contribution in [3.63, 3.8) is 0 Å². The van der Waals surface area contributed by atoms with Crippen LogP contribution in [0.3, 0.4) is 0 Å². The first-order valence-electron chi connectivity index (χ1n) is 12.1. The fourth-order valence-corrected chi connectivity index (χ4v) is 5.60. The van der Waals surface area contributed by atoms with Crippen LogP contribution in [-0.2, 0) is 14.1 Å². The van der Waals surface area contributed by atoms with Gasteiger partial charge in [0.2, 0.25) is 0 Å². The van der Waals surface area contributed by atoms with Crippen molar-refractivity contribution in [3.05, 3.63) is 114 Å². The van der Waals surface area contributed by atoms with Crippen molar-refractivity contribution in [1.82, 2.24) is 14.1 Å². The van der Waals surface area contributed by atoms with E-state index in [9.17, 15) is 4.79 Å². The van der Waals surface area contributed by atoms with Crippen LogP contribution in [0.5, 0.6) is 0 Å². The number of rotatable bonds is 2. The van der Waals surface area contributed by atoms with Gasteiger partial charge in [0.1, 0.15) is 0 Å². The Bertz CT molecular complexity index is 1990. The molecule has 0 atom stereocenters. The van der Waals surface area contributed by atoms with Crippen LogP contribution in [0.2, 0.25) is 0 Å². The molecule has 0 amide bonds. The Labute approximate surface area is 207 Å². The Hall–Kier alpha value is -4.70. The smallest absolute Gasteiger partial charge is 0.293 e. The standard InChI is InChI=1S/C32H23N3O/c1-34-28-18-23(19-33-31(28)35(2)32(34)36)30-26-13-7-5-11-24(26)29(25-12-6-8-14-27(25)30)22-16-15-20-9-3-4-10-21(20)17-22/h3-19H,1-2H3. The molecule has 0 saturated heterocycles. The van der Waals surface area contributed by atoms with E-state index in [1.54, 1.807) is 23.2 Å². The summed E-state index contributed by atoms with van der Waals surface area (Å²) in [6.07, 6.45) is 1.89. The highest BCUT2D eigenvalue weighted by Crippen LogP contribution is 2.44. The highest BCUT2D eigenvalue weighted by Gasteiger charge is 2.18. The average Bonchev–Trinajstić information content (AvgIpc) is 3.14. The number of pyridine rings is 1. The van der Waals surface area contributed by atoms with Gasteiger partial charge < -0.3 is 0 Å². The summed E-state index contributed by atoms with van der Waals surface area (Å²) in [4.78, 5) is 17.3. The number of imidazole rings is 1. The van der Waals surface area contributed by atoms with Crippen molar-refractivity contribution >= 4 is 43.5 Å². The van der Waals surface area contributed by atoms with Crippen LogP contribution in [0.1, 0.15) is 0 Å². The first kappa shape index (κ1) is 20.7. The minimum Gasteiger partial charge on any atom is -0.293 e. The number of aryl methyl sites for hydroxylation is 2. The molecule has 2 heterocycles. The average molecular weight is 466 g/mol. The molecule has 0 aliphatic heterocycles. The van der Waals surface area contributed by atoms with E-state index in [-0.39, 0.29) is 5.69 Å². The predicted octanol–water partition coefficient (Wildman–Crippen LogP) is 7.07. The Morgan fingerprint density at radius 2 is 1.14 bits per heavy atom. The van der Waals surface area contributed by atoms with Gasteiger partial charge in [-0.25, -0.2) is 9.78 Å². The van der Waals surface area contributed by atoms with Gasteiger partial charge in [0.05, 0.1) is 5.52 Å². The predicted molar refractivity (Wildman–Crippen MR) is 149 cm³/mol. The maximum absolute atomic E-state index is 12.5. The largest absolute Gasteiger partial charge is 0.329 e. The van der Waals surface area contributed by atoms with E-state index < -0.39 is 0 Å². The fourth-order valence-electron chi connectivity index (χ4n) is 5.60. The maximum Gasteiger partial charge on any atom is 0.329 e. The van der Waals surface area contributed by atoms with Gasteiger partial charge in [-0.2, -0.15) is 0 Å². The second kappa shape index (κ2) is 7.65. The lowest BCUT2D eigenvalue weighted by Crippen LogP contribution is -2.19. The van der Waals surface area contributed by atoms with Crippen LogP contribution in [0.25, 0.3) is 65.7 Å². The van der Waals surface area contributed by atoms with E-state index in [1.165, 1.54) is 43.4 Å². The summed E-state index contributed by atoms with van der Waals surface area (Å²) in [6, 6.07) is 34.5. The summed E-state index contributed by atoms with van der Waals surface area (Å²) in [5.41, 5.74) is 6.01. The summed E-state index contributed by atoms with van der Waals surface area (Å²) in [5, 5.41) is 7.20. The molecule has 0 saturated carbocycles. The highest BCUT2D eigenvalue weighted by molar-refractivity contribution is 6.21. The zero-order chi connectivity index (χ0) is 24.4. The molecular formula is C32H23N3O. The van der Waals surface area contributed by atoms with Crippen molar-refractivity contribution < 1.29 is 0 Å². The number of nitrogens with zero attached hydrogens (tertiary/aromatic N) is 3. The molecule has 2 aromatic heterocycles. The molecule has 0 aliphatic rings. The van der Waals surface area contributed by atoms with E-state index in [1.807, 2.05) is 6.20 Å². The van der Waals surface area contributed by atoms with Crippen molar-refractivity contribution in [2.45, 2.75) is 0 Å². The number of benzene rings is 5. The summed E-state index contributed by atoms with van der Waals surface area (Å²) in [7, 11) is 3.57. The molecule has 0 bridgehead atoms.